The molecule has 0 N–H and O–H groups in total. The molecule has 0 spiro atoms. The number of rotatable bonds is 12. The molecule has 258 valence electrons. The molecule has 3 atom stereocenters. The van der Waals surface area contributed by atoms with Gasteiger partial charge >= 0.3 is 18.1 Å². The lowest BCUT2D eigenvalue weighted by Gasteiger charge is -2.48. The number of hydrogen-bond donors (Lipinski definition) is 0. The lowest BCUT2D eigenvalue weighted by atomic mass is 9.78. The maximum atomic E-state index is 13.7. The zero-order valence-corrected chi connectivity index (χ0v) is 28.0. The van der Waals surface area contributed by atoms with Crippen molar-refractivity contribution in [3.05, 3.63) is 71.8 Å². The van der Waals surface area contributed by atoms with Crippen LogP contribution < -0.4 is 0 Å². The fraction of sp³-hybridized carbons (Fsp3) is 0.541. The first-order valence-corrected chi connectivity index (χ1v) is 17.4. The molecule has 5 amide bonds. The molecule has 2 aromatic rings. The van der Waals surface area contributed by atoms with E-state index in [-0.39, 0.29) is 44.2 Å². The van der Waals surface area contributed by atoms with Crippen LogP contribution in [0.4, 0.5) is 9.59 Å². The number of carbonyl (C=O) groups is 5. The Morgan fingerprint density at radius 2 is 1.44 bits per heavy atom. The van der Waals surface area contributed by atoms with Gasteiger partial charge in [0.25, 0.3) is 0 Å². The van der Waals surface area contributed by atoms with E-state index in [1.807, 2.05) is 48.5 Å². The zero-order chi connectivity index (χ0) is 33.9. The Morgan fingerprint density at radius 3 is 2.12 bits per heavy atom. The van der Waals surface area contributed by atoms with Crippen molar-refractivity contribution < 1.29 is 33.4 Å². The van der Waals surface area contributed by atoms with Gasteiger partial charge in [-0.05, 0) is 62.5 Å². The van der Waals surface area contributed by atoms with Crippen LogP contribution in [0.2, 0.25) is 0 Å². The number of aryl methyl sites for hydroxylation is 1. The van der Waals surface area contributed by atoms with Crippen LogP contribution in [0, 0.1) is 11.8 Å². The summed E-state index contributed by atoms with van der Waals surface area (Å²) in [5.74, 6) is -1.66. The number of amides is 5. The molecule has 48 heavy (non-hydrogen) atoms. The largest absolute Gasteiger partial charge is 0.459 e. The summed E-state index contributed by atoms with van der Waals surface area (Å²) in [6.07, 6.45) is 5.87. The Morgan fingerprint density at radius 1 is 0.771 bits per heavy atom. The molecule has 0 aromatic heterocycles. The highest BCUT2D eigenvalue weighted by atomic mass is 16.6. The number of ether oxygens (including phenoxy) is 2. The van der Waals surface area contributed by atoms with Crippen molar-refractivity contribution in [3.63, 3.8) is 0 Å². The van der Waals surface area contributed by atoms with Crippen LogP contribution in [0.1, 0.15) is 63.0 Å². The summed E-state index contributed by atoms with van der Waals surface area (Å²) in [7, 11) is 0. The Balaban J connectivity index is 1.14. The van der Waals surface area contributed by atoms with Gasteiger partial charge in [-0.1, -0.05) is 67.1 Å². The fourth-order valence-electron chi connectivity index (χ4n) is 6.96. The van der Waals surface area contributed by atoms with Crippen LogP contribution in [-0.4, -0.2) is 101 Å². The van der Waals surface area contributed by atoms with Crippen molar-refractivity contribution in [2.24, 2.45) is 11.8 Å². The van der Waals surface area contributed by atoms with Gasteiger partial charge in [0.05, 0.1) is 12.5 Å². The maximum Gasteiger partial charge on any atom is 0.409 e. The molecule has 3 fully saturated rings. The van der Waals surface area contributed by atoms with Gasteiger partial charge in [-0.2, -0.15) is 0 Å². The Kier molecular flexibility index (Phi) is 12.5. The minimum Gasteiger partial charge on any atom is -0.459 e. The molecule has 3 unspecified atom stereocenters. The van der Waals surface area contributed by atoms with E-state index in [1.54, 1.807) is 21.6 Å². The van der Waals surface area contributed by atoms with Gasteiger partial charge in [0, 0.05) is 45.7 Å². The van der Waals surface area contributed by atoms with Crippen LogP contribution in [0.3, 0.4) is 0 Å². The molecule has 0 bridgehead atoms. The third-order valence-electron chi connectivity index (χ3n) is 9.62. The van der Waals surface area contributed by atoms with E-state index in [2.05, 4.69) is 12.1 Å². The number of nitrogens with zero attached hydrogens (tertiary/aromatic N) is 4. The van der Waals surface area contributed by atoms with E-state index in [1.165, 1.54) is 5.56 Å². The van der Waals surface area contributed by atoms with Crippen molar-refractivity contribution in [1.29, 1.82) is 0 Å². The number of likely N-dealkylation sites (tertiary alicyclic amines) is 2. The van der Waals surface area contributed by atoms with Crippen molar-refractivity contribution in [3.8, 4) is 0 Å². The Hall–Kier alpha value is -4.41. The number of esters is 1. The van der Waals surface area contributed by atoms with Crippen molar-refractivity contribution in [2.75, 3.05) is 45.9 Å². The second-order valence-electron chi connectivity index (χ2n) is 12.9. The second kappa shape index (κ2) is 17.1. The van der Waals surface area contributed by atoms with E-state index in [9.17, 15) is 24.0 Å². The average Bonchev–Trinajstić information content (AvgIpc) is 3.12. The Labute approximate surface area is 283 Å². The summed E-state index contributed by atoms with van der Waals surface area (Å²) in [6, 6.07) is 18.0. The smallest absolute Gasteiger partial charge is 0.409 e. The number of unbranched alkanes of at least 4 members (excludes halogenated alkanes) is 2. The molecule has 11 heteroatoms. The normalized spacial score (nSPS) is 21.0. The molecular formula is C37H48N4O7. The summed E-state index contributed by atoms with van der Waals surface area (Å²) in [5.41, 5.74) is 2.11. The quantitative estimate of drug-likeness (QED) is 0.181. The van der Waals surface area contributed by atoms with E-state index in [0.29, 0.717) is 39.0 Å². The minimum atomic E-state index is -1.04. The third kappa shape index (κ3) is 8.93. The third-order valence-corrected chi connectivity index (χ3v) is 9.62. The van der Waals surface area contributed by atoms with Gasteiger partial charge in [-0.25, -0.2) is 19.3 Å². The molecule has 3 aliphatic heterocycles. The summed E-state index contributed by atoms with van der Waals surface area (Å²) in [6.45, 7) is 4.44. The summed E-state index contributed by atoms with van der Waals surface area (Å²) < 4.78 is 10.8. The molecule has 3 saturated heterocycles. The minimum absolute atomic E-state index is 0.00771. The SMILES string of the molecule is CCOC(=O)N1CCCC(CC2C(=O)N(C(=O)N3CCN(C(=O)CCCCCc4ccccc4)CC3)C2C(=O)OCc2ccccc2)C1. The van der Waals surface area contributed by atoms with Crippen LogP contribution in [0.15, 0.2) is 60.7 Å². The van der Waals surface area contributed by atoms with Gasteiger partial charge in [-0.15, -0.1) is 0 Å². The highest BCUT2D eigenvalue weighted by Gasteiger charge is 2.57. The molecule has 0 aliphatic carbocycles. The second-order valence-corrected chi connectivity index (χ2v) is 12.9. The first-order chi connectivity index (χ1) is 23.4. The number of imide groups is 1. The van der Waals surface area contributed by atoms with Gasteiger partial charge in [0.2, 0.25) is 11.8 Å². The summed E-state index contributed by atoms with van der Waals surface area (Å²) in [4.78, 5) is 72.1. The number of benzene rings is 2. The van der Waals surface area contributed by atoms with Crippen LogP contribution in [-0.2, 0) is 36.9 Å². The predicted octanol–water partition coefficient (Wildman–Crippen LogP) is 4.88. The van der Waals surface area contributed by atoms with Gasteiger partial charge in [-0.3, -0.25) is 9.59 Å². The van der Waals surface area contributed by atoms with Crippen molar-refractivity contribution in [2.45, 2.75) is 70.9 Å². The molecule has 0 radical (unpaired) electrons. The standard InChI is InChI=1S/C37H48N4O7/c1-2-47-37(46)40-20-12-18-30(26-40)25-31-33(35(44)48-27-29-16-9-4-10-17-29)41(34(31)43)36(45)39-23-21-38(22-24-39)32(42)19-11-5-8-15-28-13-6-3-7-14-28/h3-4,6-7,9-10,13-14,16-17,30-31,33H,2,5,8,11-12,15,18-27H2,1H3. The molecule has 5 rings (SSSR count). The number of piperazine rings is 1. The first-order valence-electron chi connectivity index (χ1n) is 17.4. The number of carbonyl (C=O) groups excluding carboxylic acids is 5. The molecule has 11 nitrogen and oxygen atoms in total. The highest BCUT2D eigenvalue weighted by molar-refractivity contribution is 6.07. The molecular weight excluding hydrogens is 612 g/mol. The topological polar surface area (TPSA) is 117 Å². The summed E-state index contributed by atoms with van der Waals surface area (Å²) >= 11 is 0. The predicted molar refractivity (Wildman–Crippen MR) is 178 cm³/mol. The van der Waals surface area contributed by atoms with E-state index >= 15 is 0 Å². The van der Waals surface area contributed by atoms with Gasteiger partial charge in [0.15, 0.2) is 6.04 Å². The van der Waals surface area contributed by atoms with E-state index in [4.69, 9.17) is 9.47 Å². The molecule has 3 aliphatic rings. The lowest BCUT2D eigenvalue weighted by Crippen LogP contribution is -2.70. The van der Waals surface area contributed by atoms with Crippen molar-refractivity contribution >= 4 is 29.9 Å². The maximum absolute atomic E-state index is 13.7. The van der Waals surface area contributed by atoms with Gasteiger partial charge in [0.1, 0.15) is 6.61 Å². The van der Waals surface area contributed by atoms with Gasteiger partial charge < -0.3 is 24.2 Å². The zero-order valence-electron chi connectivity index (χ0n) is 28.0. The van der Waals surface area contributed by atoms with E-state index in [0.717, 1.165) is 49.0 Å². The van der Waals surface area contributed by atoms with Crippen LogP contribution in [0.25, 0.3) is 0 Å². The average molecular weight is 661 g/mol. The molecule has 2 aromatic carbocycles. The highest BCUT2D eigenvalue weighted by Crippen LogP contribution is 2.37. The fourth-order valence-corrected chi connectivity index (χ4v) is 6.96. The van der Waals surface area contributed by atoms with Crippen LogP contribution in [0.5, 0.6) is 0 Å². The van der Waals surface area contributed by atoms with Crippen molar-refractivity contribution in [1.82, 2.24) is 19.6 Å². The van der Waals surface area contributed by atoms with E-state index < -0.39 is 29.9 Å². The first kappa shape index (κ1) is 34.9. The number of urea groups is 1. The number of piperidine rings is 1. The molecule has 3 heterocycles. The summed E-state index contributed by atoms with van der Waals surface area (Å²) in [5, 5.41) is 0. The Bertz CT molecular complexity index is 1400. The lowest BCUT2D eigenvalue weighted by molar-refractivity contribution is -0.172. The number of hydrogen-bond acceptors (Lipinski definition) is 7. The molecule has 0 saturated carbocycles. The monoisotopic (exact) mass is 660 g/mol. The van der Waals surface area contributed by atoms with Crippen LogP contribution >= 0.6 is 0 Å². The number of β-lactam (4-membered cyclic amide) rings is 1.